The number of nitrogens with zero attached hydrogens (tertiary/aromatic N) is 2. The van der Waals surface area contributed by atoms with Crippen molar-refractivity contribution in [3.8, 4) is 0 Å². The molecule has 2 radical (unpaired) electrons. The highest BCUT2D eigenvalue weighted by Crippen LogP contribution is 2.09. The molecule has 1 aliphatic rings. The van der Waals surface area contributed by atoms with E-state index in [0.717, 1.165) is 31.7 Å². The molecule has 0 aliphatic carbocycles. The topological polar surface area (TPSA) is 23.6 Å². The summed E-state index contributed by atoms with van der Waals surface area (Å²) in [5.74, 6) is 0.110. The van der Waals surface area contributed by atoms with Crippen LogP contribution in [0.5, 0.6) is 0 Å². The van der Waals surface area contributed by atoms with Crippen LogP contribution in [0.25, 0.3) is 0 Å². The molecule has 1 amide bonds. The van der Waals surface area contributed by atoms with E-state index in [1.807, 2.05) is 4.90 Å². The van der Waals surface area contributed by atoms with Gasteiger partial charge in [0, 0.05) is 37.8 Å². The van der Waals surface area contributed by atoms with E-state index in [-0.39, 0.29) is 5.91 Å². The quantitative estimate of drug-likeness (QED) is 0.711. The van der Waals surface area contributed by atoms with Gasteiger partial charge in [0.25, 0.3) is 5.91 Å². The van der Waals surface area contributed by atoms with E-state index < -0.39 is 0 Å². The summed E-state index contributed by atoms with van der Waals surface area (Å²) < 4.78 is 0. The van der Waals surface area contributed by atoms with Gasteiger partial charge in [-0.1, -0.05) is 29.7 Å². The summed E-state index contributed by atoms with van der Waals surface area (Å²) in [7, 11) is 5.63. The van der Waals surface area contributed by atoms with Crippen LogP contribution in [0.4, 0.5) is 0 Å². The van der Waals surface area contributed by atoms with Crippen LogP contribution in [0.3, 0.4) is 0 Å². The zero-order chi connectivity index (χ0) is 13.1. The molecule has 2 rings (SSSR count). The Morgan fingerprint density at radius 3 is 2.17 bits per heavy atom. The first-order chi connectivity index (χ1) is 8.58. The molecule has 1 aliphatic heterocycles. The molecule has 0 saturated carbocycles. The van der Waals surface area contributed by atoms with Crippen molar-refractivity contribution in [1.82, 2.24) is 9.80 Å². The van der Waals surface area contributed by atoms with E-state index in [1.165, 1.54) is 0 Å². The Labute approximate surface area is 110 Å². The molecule has 94 valence electrons. The van der Waals surface area contributed by atoms with Crippen molar-refractivity contribution < 1.29 is 4.79 Å². The fourth-order valence-electron chi connectivity index (χ4n) is 2.25. The van der Waals surface area contributed by atoms with Gasteiger partial charge >= 0.3 is 0 Å². The summed E-state index contributed by atoms with van der Waals surface area (Å²) in [6.45, 7) is 7.91. The molecule has 18 heavy (non-hydrogen) atoms. The molecule has 0 spiro atoms. The Bertz CT molecular complexity index is 408. The highest BCUT2D eigenvalue weighted by Gasteiger charge is 2.22. The van der Waals surface area contributed by atoms with Crippen LogP contribution in [0, 0.1) is 0 Å². The SMILES string of the molecule is [B]c1ccc(C(=O)N2CCN(C(C)C)CC2)cc1. The lowest BCUT2D eigenvalue weighted by atomic mass is 9.95. The summed E-state index contributed by atoms with van der Waals surface area (Å²) in [6.07, 6.45) is 0. The van der Waals surface area contributed by atoms with Crippen LogP contribution in [0.1, 0.15) is 24.2 Å². The molecule has 0 atom stereocenters. The first-order valence-electron chi connectivity index (χ1n) is 6.47. The normalized spacial score (nSPS) is 17.2. The molecule has 1 aromatic carbocycles. The lowest BCUT2D eigenvalue weighted by Crippen LogP contribution is -2.50. The third-order valence-electron chi connectivity index (χ3n) is 3.49. The third kappa shape index (κ3) is 2.93. The third-order valence-corrected chi connectivity index (χ3v) is 3.49. The molecule has 3 nitrogen and oxygen atoms in total. The largest absolute Gasteiger partial charge is 0.336 e. The molecular formula is C14H19BN2O. The van der Waals surface area contributed by atoms with Gasteiger partial charge in [-0.25, -0.2) is 0 Å². The number of carbonyl (C=O) groups excluding carboxylic acids is 1. The van der Waals surface area contributed by atoms with Crippen molar-refractivity contribution in [3.63, 3.8) is 0 Å². The number of hydrogen-bond acceptors (Lipinski definition) is 2. The van der Waals surface area contributed by atoms with Crippen molar-refractivity contribution in [2.75, 3.05) is 26.2 Å². The summed E-state index contributed by atoms with van der Waals surface area (Å²) in [5, 5.41) is 0. The van der Waals surface area contributed by atoms with E-state index in [0.29, 0.717) is 11.5 Å². The first-order valence-corrected chi connectivity index (χ1v) is 6.47. The van der Waals surface area contributed by atoms with Crippen LogP contribution >= 0.6 is 0 Å². The van der Waals surface area contributed by atoms with E-state index in [4.69, 9.17) is 7.85 Å². The van der Waals surface area contributed by atoms with Crippen LogP contribution in [-0.2, 0) is 0 Å². The Hall–Kier alpha value is -1.29. The molecule has 0 N–H and O–H groups in total. The van der Waals surface area contributed by atoms with Crippen LogP contribution in [0.15, 0.2) is 24.3 Å². The number of carbonyl (C=O) groups is 1. The van der Waals surface area contributed by atoms with Gasteiger partial charge in [0.1, 0.15) is 7.85 Å². The van der Waals surface area contributed by atoms with E-state index in [2.05, 4.69) is 18.7 Å². The molecule has 1 fully saturated rings. The van der Waals surface area contributed by atoms with Gasteiger partial charge in [0.15, 0.2) is 0 Å². The fraction of sp³-hybridized carbons (Fsp3) is 0.500. The molecule has 1 saturated heterocycles. The van der Waals surface area contributed by atoms with Gasteiger partial charge in [-0.2, -0.15) is 0 Å². The minimum absolute atomic E-state index is 0.110. The van der Waals surface area contributed by atoms with Crippen molar-refractivity contribution in [1.29, 1.82) is 0 Å². The van der Waals surface area contributed by atoms with Crippen molar-refractivity contribution in [3.05, 3.63) is 29.8 Å². The monoisotopic (exact) mass is 242 g/mol. The average Bonchev–Trinajstić information content (AvgIpc) is 2.39. The minimum atomic E-state index is 0.110. The maximum Gasteiger partial charge on any atom is 0.253 e. The first kappa shape index (κ1) is 13.2. The predicted octanol–water partition coefficient (Wildman–Crippen LogP) is 0.647. The Morgan fingerprint density at radius 2 is 1.67 bits per heavy atom. The zero-order valence-electron chi connectivity index (χ0n) is 11.1. The second-order valence-corrected chi connectivity index (χ2v) is 5.04. The smallest absolute Gasteiger partial charge is 0.253 e. The Balaban J connectivity index is 1.97. The molecule has 1 heterocycles. The van der Waals surface area contributed by atoms with Crippen molar-refractivity contribution >= 4 is 19.2 Å². The van der Waals surface area contributed by atoms with Gasteiger partial charge in [-0.05, 0) is 13.8 Å². The predicted molar refractivity (Wildman–Crippen MR) is 74.4 cm³/mol. The summed E-state index contributed by atoms with van der Waals surface area (Å²) >= 11 is 0. The minimum Gasteiger partial charge on any atom is -0.336 e. The van der Waals surface area contributed by atoms with Gasteiger partial charge < -0.3 is 4.90 Å². The highest BCUT2D eigenvalue weighted by atomic mass is 16.2. The van der Waals surface area contributed by atoms with E-state index in [1.54, 1.807) is 24.3 Å². The Kier molecular flexibility index (Phi) is 4.07. The molecule has 1 aromatic rings. The Morgan fingerprint density at radius 1 is 1.11 bits per heavy atom. The maximum absolute atomic E-state index is 12.3. The zero-order valence-corrected chi connectivity index (χ0v) is 11.1. The lowest BCUT2D eigenvalue weighted by Gasteiger charge is -2.37. The van der Waals surface area contributed by atoms with Crippen molar-refractivity contribution in [2.24, 2.45) is 0 Å². The molecule has 0 bridgehead atoms. The number of piperazine rings is 1. The maximum atomic E-state index is 12.3. The van der Waals surface area contributed by atoms with E-state index in [9.17, 15) is 4.79 Å². The molecule has 4 heteroatoms. The van der Waals surface area contributed by atoms with Gasteiger partial charge in [-0.3, -0.25) is 9.69 Å². The number of hydrogen-bond donors (Lipinski definition) is 0. The summed E-state index contributed by atoms with van der Waals surface area (Å²) in [4.78, 5) is 16.6. The van der Waals surface area contributed by atoms with Crippen LogP contribution in [-0.4, -0.2) is 55.8 Å². The van der Waals surface area contributed by atoms with Gasteiger partial charge in [0.2, 0.25) is 0 Å². The van der Waals surface area contributed by atoms with Crippen LogP contribution in [0.2, 0.25) is 0 Å². The number of rotatable bonds is 2. The number of amides is 1. The average molecular weight is 242 g/mol. The lowest BCUT2D eigenvalue weighted by molar-refractivity contribution is 0.0595. The highest BCUT2D eigenvalue weighted by molar-refractivity contribution is 6.32. The van der Waals surface area contributed by atoms with Gasteiger partial charge in [0.05, 0.1) is 0 Å². The molecule has 0 aromatic heterocycles. The van der Waals surface area contributed by atoms with Crippen LogP contribution < -0.4 is 5.46 Å². The molecular weight excluding hydrogens is 223 g/mol. The molecule has 0 unspecified atom stereocenters. The fourth-order valence-corrected chi connectivity index (χ4v) is 2.25. The summed E-state index contributed by atoms with van der Waals surface area (Å²) in [6, 6.07) is 7.70. The van der Waals surface area contributed by atoms with Crippen molar-refractivity contribution in [2.45, 2.75) is 19.9 Å². The van der Waals surface area contributed by atoms with Gasteiger partial charge in [-0.15, -0.1) is 0 Å². The standard InChI is InChI=1S/C14H19BN2O/c1-11(2)16-7-9-17(10-8-16)14(18)12-3-5-13(15)6-4-12/h3-6,11H,7-10H2,1-2H3. The summed E-state index contributed by atoms with van der Waals surface area (Å²) in [5.41, 5.74) is 1.42. The van der Waals surface area contributed by atoms with E-state index >= 15 is 0 Å². The second kappa shape index (κ2) is 5.57. The number of benzene rings is 1. The second-order valence-electron chi connectivity index (χ2n) is 5.04.